The highest BCUT2D eigenvalue weighted by atomic mass is 16.6. The lowest BCUT2D eigenvalue weighted by Gasteiger charge is -2.37. The average molecular weight is 465 g/mol. The molecule has 4 rings (SSSR count). The number of aromatic nitrogens is 3. The summed E-state index contributed by atoms with van der Waals surface area (Å²) in [4.78, 5) is 43.7. The largest absolute Gasteiger partial charge is 0.444 e. The highest BCUT2D eigenvalue weighted by Crippen LogP contribution is 2.32. The van der Waals surface area contributed by atoms with Crippen molar-refractivity contribution in [3.05, 3.63) is 62.3 Å². The highest BCUT2D eigenvalue weighted by Gasteiger charge is 2.31. The molecule has 1 fully saturated rings. The van der Waals surface area contributed by atoms with Gasteiger partial charge in [0.15, 0.2) is 0 Å². The van der Waals surface area contributed by atoms with Gasteiger partial charge in [-0.25, -0.2) is 9.59 Å². The number of fused-ring (bicyclic) bond motifs is 1. The number of aryl methyl sites for hydroxylation is 1. The first-order valence-electron chi connectivity index (χ1n) is 11.1. The molecule has 178 valence electrons. The summed E-state index contributed by atoms with van der Waals surface area (Å²) in [6, 6.07) is 11.8. The van der Waals surface area contributed by atoms with E-state index in [0.717, 1.165) is 5.56 Å². The van der Waals surface area contributed by atoms with Gasteiger partial charge in [-0.15, -0.1) is 0 Å². The predicted octanol–water partition coefficient (Wildman–Crippen LogP) is 2.01. The Morgan fingerprint density at radius 1 is 1.09 bits per heavy atom. The second kappa shape index (κ2) is 8.74. The third-order valence-electron chi connectivity index (χ3n) is 5.81. The Morgan fingerprint density at radius 3 is 2.32 bits per heavy atom. The van der Waals surface area contributed by atoms with Crippen LogP contribution in [0.4, 0.5) is 10.6 Å². The van der Waals surface area contributed by atoms with E-state index in [0.29, 0.717) is 44.1 Å². The summed E-state index contributed by atoms with van der Waals surface area (Å²) in [7, 11) is 1.54. The van der Waals surface area contributed by atoms with Crippen LogP contribution >= 0.6 is 0 Å². The monoisotopic (exact) mass is 464 g/mol. The number of benzene rings is 1. The Bertz CT molecular complexity index is 1380. The summed E-state index contributed by atoms with van der Waals surface area (Å²) in [6.07, 6.45) is -0.378. The summed E-state index contributed by atoms with van der Waals surface area (Å²) in [6.45, 7) is 7.53. The zero-order valence-corrected chi connectivity index (χ0v) is 19.8. The number of nitrogens with one attached hydrogen (secondary N) is 1. The lowest BCUT2D eigenvalue weighted by Crippen LogP contribution is -2.50. The summed E-state index contributed by atoms with van der Waals surface area (Å²) >= 11 is 0. The first-order chi connectivity index (χ1) is 16.1. The van der Waals surface area contributed by atoms with E-state index in [9.17, 15) is 19.6 Å². The fraction of sp³-hybridized carbons (Fsp3) is 0.417. The SMILES string of the molecule is Cn1c(=O)[nH]c(=O)c2c1c(C#N)c(N1CCN(C(=O)OC(C)(C)C)CC1)n2Cc1ccccc1. The van der Waals surface area contributed by atoms with Gasteiger partial charge in [0.1, 0.15) is 28.6 Å². The minimum Gasteiger partial charge on any atom is -0.444 e. The molecule has 34 heavy (non-hydrogen) atoms. The molecule has 0 radical (unpaired) electrons. The van der Waals surface area contributed by atoms with E-state index in [1.807, 2.05) is 56.0 Å². The number of hydrogen-bond donors (Lipinski definition) is 1. The maximum atomic E-state index is 12.9. The van der Waals surface area contributed by atoms with Crippen LogP contribution in [0.1, 0.15) is 31.9 Å². The molecule has 1 amide bonds. The fourth-order valence-electron chi connectivity index (χ4n) is 4.27. The summed E-state index contributed by atoms with van der Waals surface area (Å²) in [5.41, 5.74) is 0.0872. The molecule has 0 spiro atoms. The van der Waals surface area contributed by atoms with Crippen LogP contribution in [0.15, 0.2) is 39.9 Å². The standard InChI is InChI=1S/C24H28N6O4/c1-24(2,3)34-23(33)29-12-10-28(11-13-29)21-17(14-25)18-19(20(31)26-22(32)27(18)4)30(21)15-16-8-6-5-7-9-16/h5-9H,10-13,15H2,1-4H3,(H,26,31,32). The molecule has 10 heteroatoms. The van der Waals surface area contributed by atoms with Crippen molar-refractivity contribution in [2.24, 2.45) is 7.05 Å². The minimum absolute atomic E-state index is 0.266. The first-order valence-corrected chi connectivity index (χ1v) is 11.1. The van der Waals surface area contributed by atoms with Gasteiger partial charge in [0.25, 0.3) is 5.56 Å². The van der Waals surface area contributed by atoms with Gasteiger partial charge in [0.05, 0.1) is 5.52 Å². The summed E-state index contributed by atoms with van der Waals surface area (Å²) < 4.78 is 8.58. The summed E-state index contributed by atoms with van der Waals surface area (Å²) in [5.74, 6) is 0.567. The number of piperazine rings is 1. The Morgan fingerprint density at radius 2 is 1.74 bits per heavy atom. The number of rotatable bonds is 3. The normalized spacial score (nSPS) is 14.3. The molecule has 2 aromatic heterocycles. The zero-order chi connectivity index (χ0) is 24.6. The third kappa shape index (κ3) is 4.29. The molecule has 1 aliphatic heterocycles. The number of H-pyrrole nitrogens is 1. The number of anilines is 1. The van der Waals surface area contributed by atoms with Crippen LogP contribution in [-0.2, 0) is 18.3 Å². The van der Waals surface area contributed by atoms with Gasteiger partial charge in [-0.05, 0) is 26.3 Å². The average Bonchev–Trinajstić information content (AvgIpc) is 3.11. The van der Waals surface area contributed by atoms with E-state index < -0.39 is 16.9 Å². The number of hydrogen-bond acceptors (Lipinski definition) is 6. The molecule has 0 atom stereocenters. The molecule has 1 N–H and O–H groups in total. The summed E-state index contributed by atoms with van der Waals surface area (Å²) in [5, 5.41) is 10.1. The van der Waals surface area contributed by atoms with Gasteiger partial charge < -0.3 is 19.1 Å². The van der Waals surface area contributed by atoms with Gasteiger partial charge in [0, 0.05) is 39.8 Å². The lowest BCUT2D eigenvalue weighted by atomic mass is 10.2. The van der Waals surface area contributed by atoms with E-state index in [1.54, 1.807) is 16.5 Å². The van der Waals surface area contributed by atoms with E-state index in [4.69, 9.17) is 4.74 Å². The molecular formula is C24H28N6O4. The van der Waals surface area contributed by atoms with Crippen molar-refractivity contribution in [3.63, 3.8) is 0 Å². The molecule has 3 heterocycles. The second-order valence-electron chi connectivity index (χ2n) is 9.35. The fourth-order valence-corrected chi connectivity index (χ4v) is 4.27. The topological polar surface area (TPSA) is 116 Å². The van der Waals surface area contributed by atoms with E-state index in [-0.39, 0.29) is 17.2 Å². The number of nitrogens with zero attached hydrogens (tertiary/aromatic N) is 5. The van der Waals surface area contributed by atoms with Crippen molar-refractivity contribution < 1.29 is 9.53 Å². The number of carbonyl (C=O) groups excluding carboxylic acids is 1. The molecule has 1 aromatic carbocycles. The van der Waals surface area contributed by atoms with Crippen LogP contribution in [-0.4, -0.2) is 56.9 Å². The molecular weight excluding hydrogens is 436 g/mol. The van der Waals surface area contributed by atoms with Crippen molar-refractivity contribution in [3.8, 4) is 6.07 Å². The van der Waals surface area contributed by atoms with Crippen LogP contribution in [0, 0.1) is 11.3 Å². The van der Waals surface area contributed by atoms with Gasteiger partial charge in [-0.3, -0.25) is 14.3 Å². The minimum atomic E-state index is -0.587. The molecule has 0 unspecified atom stereocenters. The Kier molecular flexibility index (Phi) is 5.96. The number of carbonyl (C=O) groups is 1. The van der Waals surface area contributed by atoms with Crippen LogP contribution in [0.25, 0.3) is 11.0 Å². The van der Waals surface area contributed by atoms with E-state index in [1.165, 1.54) is 4.57 Å². The maximum absolute atomic E-state index is 12.9. The van der Waals surface area contributed by atoms with Crippen molar-refractivity contribution in [1.29, 1.82) is 5.26 Å². The Hall–Kier alpha value is -4.00. The zero-order valence-electron chi connectivity index (χ0n) is 19.8. The van der Waals surface area contributed by atoms with Crippen LogP contribution in [0.3, 0.4) is 0 Å². The van der Waals surface area contributed by atoms with Crippen molar-refractivity contribution in [1.82, 2.24) is 19.0 Å². The molecule has 1 aliphatic rings. The van der Waals surface area contributed by atoms with Crippen LogP contribution < -0.4 is 16.1 Å². The molecule has 0 aliphatic carbocycles. The van der Waals surface area contributed by atoms with Crippen molar-refractivity contribution >= 4 is 22.9 Å². The predicted molar refractivity (Wildman–Crippen MR) is 128 cm³/mol. The van der Waals surface area contributed by atoms with Gasteiger partial charge >= 0.3 is 11.8 Å². The van der Waals surface area contributed by atoms with E-state index >= 15 is 0 Å². The number of amides is 1. The van der Waals surface area contributed by atoms with Gasteiger partial charge in [-0.2, -0.15) is 5.26 Å². The number of aromatic amines is 1. The molecule has 10 nitrogen and oxygen atoms in total. The van der Waals surface area contributed by atoms with Gasteiger partial charge in [0.2, 0.25) is 0 Å². The van der Waals surface area contributed by atoms with Crippen molar-refractivity contribution in [2.75, 3.05) is 31.1 Å². The number of ether oxygens (including phenoxy) is 1. The molecule has 0 saturated carbocycles. The quantitative estimate of drug-likeness (QED) is 0.634. The number of nitriles is 1. The first kappa shape index (κ1) is 23.2. The molecule has 0 bridgehead atoms. The highest BCUT2D eigenvalue weighted by molar-refractivity contribution is 5.90. The lowest BCUT2D eigenvalue weighted by molar-refractivity contribution is 0.0240. The van der Waals surface area contributed by atoms with E-state index in [2.05, 4.69) is 11.1 Å². The Balaban J connectivity index is 1.79. The smallest absolute Gasteiger partial charge is 0.410 e. The molecule has 1 saturated heterocycles. The Labute approximate surface area is 196 Å². The van der Waals surface area contributed by atoms with Crippen LogP contribution in [0.5, 0.6) is 0 Å². The van der Waals surface area contributed by atoms with Crippen molar-refractivity contribution in [2.45, 2.75) is 32.9 Å². The maximum Gasteiger partial charge on any atom is 0.410 e. The van der Waals surface area contributed by atoms with Crippen LogP contribution in [0.2, 0.25) is 0 Å². The van der Waals surface area contributed by atoms with Gasteiger partial charge in [-0.1, -0.05) is 30.3 Å². The third-order valence-corrected chi connectivity index (χ3v) is 5.81. The second-order valence-corrected chi connectivity index (χ2v) is 9.35. The molecule has 3 aromatic rings.